The van der Waals surface area contributed by atoms with Crippen molar-refractivity contribution in [3.05, 3.63) is 18.4 Å². The number of carbonyl (C=O) groups excluding carboxylic acids is 2. The quantitative estimate of drug-likeness (QED) is 0.798. The summed E-state index contributed by atoms with van der Waals surface area (Å²) in [6.07, 6.45) is 4.44. The van der Waals surface area contributed by atoms with Crippen LogP contribution >= 0.6 is 11.8 Å². The topological polar surface area (TPSA) is 95.3 Å². The maximum Gasteiger partial charge on any atom is 0.233 e. The fraction of sp³-hybridized carbons (Fsp3) is 0.529. The number of amides is 2. The van der Waals surface area contributed by atoms with Crippen molar-refractivity contribution in [3.8, 4) is 11.6 Å². The average Bonchev–Trinajstić information content (AvgIpc) is 3.25. The lowest BCUT2D eigenvalue weighted by Gasteiger charge is -2.22. The fourth-order valence-electron chi connectivity index (χ4n) is 3.03. The Balaban J connectivity index is 1.27. The van der Waals surface area contributed by atoms with Crippen molar-refractivity contribution in [1.29, 1.82) is 0 Å². The van der Waals surface area contributed by atoms with Crippen LogP contribution in [0.2, 0.25) is 0 Å². The van der Waals surface area contributed by atoms with Crippen LogP contribution in [0.5, 0.6) is 0 Å². The normalized spacial score (nSPS) is 18.0. The maximum atomic E-state index is 12.5. The first-order valence-corrected chi connectivity index (χ1v) is 9.85. The van der Waals surface area contributed by atoms with Crippen molar-refractivity contribution >= 4 is 23.6 Å². The zero-order valence-electron chi connectivity index (χ0n) is 14.4. The molecule has 1 aliphatic heterocycles. The van der Waals surface area contributed by atoms with Gasteiger partial charge in [0.15, 0.2) is 11.6 Å². The molecule has 3 heterocycles. The van der Waals surface area contributed by atoms with Gasteiger partial charge in [0.25, 0.3) is 0 Å². The zero-order chi connectivity index (χ0) is 17.9. The van der Waals surface area contributed by atoms with E-state index in [0.717, 1.165) is 25.8 Å². The molecule has 2 aromatic heterocycles. The van der Waals surface area contributed by atoms with Crippen LogP contribution in [0.4, 0.5) is 0 Å². The molecule has 1 N–H and O–H groups in total. The van der Waals surface area contributed by atoms with Gasteiger partial charge >= 0.3 is 0 Å². The minimum absolute atomic E-state index is 0.0556. The summed E-state index contributed by atoms with van der Waals surface area (Å²) in [6, 6.07) is 3.58. The Morgan fingerprint density at radius 3 is 2.81 bits per heavy atom. The third-order valence-corrected chi connectivity index (χ3v) is 5.46. The second kappa shape index (κ2) is 7.53. The molecular formula is C17H21N5O3S. The molecule has 0 atom stereocenters. The molecular weight excluding hydrogens is 354 g/mol. The van der Waals surface area contributed by atoms with Gasteiger partial charge in [0.2, 0.25) is 17.0 Å². The Labute approximate surface area is 155 Å². The lowest BCUT2D eigenvalue weighted by atomic mass is 10.3. The molecule has 138 valence electrons. The largest absolute Gasteiger partial charge is 0.461 e. The van der Waals surface area contributed by atoms with Gasteiger partial charge in [0.05, 0.1) is 12.0 Å². The number of H-pyrrole nitrogens is 1. The third kappa shape index (κ3) is 3.92. The van der Waals surface area contributed by atoms with E-state index in [1.807, 2.05) is 9.80 Å². The number of aromatic nitrogens is 3. The molecule has 0 bridgehead atoms. The second-order valence-corrected chi connectivity index (χ2v) is 7.51. The third-order valence-electron chi connectivity index (χ3n) is 4.63. The first-order valence-electron chi connectivity index (χ1n) is 8.86. The van der Waals surface area contributed by atoms with E-state index in [1.54, 1.807) is 18.4 Å². The summed E-state index contributed by atoms with van der Waals surface area (Å²) < 4.78 is 5.27. The van der Waals surface area contributed by atoms with E-state index >= 15 is 0 Å². The minimum atomic E-state index is 0.0556. The smallest absolute Gasteiger partial charge is 0.233 e. The van der Waals surface area contributed by atoms with E-state index in [0.29, 0.717) is 36.4 Å². The van der Waals surface area contributed by atoms with Crippen LogP contribution in [0, 0.1) is 5.92 Å². The highest BCUT2D eigenvalue weighted by Crippen LogP contribution is 2.31. The summed E-state index contributed by atoms with van der Waals surface area (Å²) in [4.78, 5) is 32.8. The highest BCUT2D eigenvalue weighted by atomic mass is 32.2. The molecule has 0 spiro atoms. The molecule has 0 radical (unpaired) electrons. The first kappa shape index (κ1) is 17.1. The van der Waals surface area contributed by atoms with Crippen molar-refractivity contribution in [3.63, 3.8) is 0 Å². The highest BCUT2D eigenvalue weighted by Gasteiger charge is 2.34. The molecule has 0 unspecified atom stereocenters. The van der Waals surface area contributed by atoms with Gasteiger partial charge in [-0.15, -0.1) is 5.10 Å². The molecule has 2 aliphatic rings. The van der Waals surface area contributed by atoms with Crippen molar-refractivity contribution in [2.75, 3.05) is 31.9 Å². The number of furan rings is 1. The van der Waals surface area contributed by atoms with Gasteiger partial charge in [-0.25, -0.2) is 0 Å². The van der Waals surface area contributed by atoms with Gasteiger partial charge in [-0.1, -0.05) is 11.8 Å². The molecule has 1 aliphatic carbocycles. The predicted octanol–water partition coefficient (Wildman–Crippen LogP) is 1.63. The van der Waals surface area contributed by atoms with Crippen LogP contribution in [-0.4, -0.2) is 68.7 Å². The molecule has 4 rings (SSSR count). The summed E-state index contributed by atoms with van der Waals surface area (Å²) >= 11 is 1.30. The summed E-state index contributed by atoms with van der Waals surface area (Å²) in [7, 11) is 0. The molecule has 2 fully saturated rings. The van der Waals surface area contributed by atoms with Crippen molar-refractivity contribution < 1.29 is 14.0 Å². The maximum absolute atomic E-state index is 12.5. The predicted molar refractivity (Wildman–Crippen MR) is 95.3 cm³/mol. The van der Waals surface area contributed by atoms with Crippen molar-refractivity contribution in [1.82, 2.24) is 25.0 Å². The Morgan fingerprint density at radius 1 is 1.23 bits per heavy atom. The Kier molecular flexibility index (Phi) is 4.96. The van der Waals surface area contributed by atoms with Gasteiger partial charge in [0, 0.05) is 32.1 Å². The lowest BCUT2D eigenvalue weighted by Crippen LogP contribution is -2.38. The van der Waals surface area contributed by atoms with Gasteiger partial charge < -0.3 is 14.2 Å². The van der Waals surface area contributed by atoms with Crippen LogP contribution in [0.3, 0.4) is 0 Å². The number of nitrogens with zero attached hydrogens (tertiary/aromatic N) is 4. The average molecular weight is 375 g/mol. The standard InChI is InChI=1S/C17H21N5O3S/c23-14(11-26-17-18-15(19-20-17)13-3-1-10-25-13)21-6-2-7-22(9-8-21)16(24)12-4-5-12/h1,3,10,12H,2,4-9,11H2,(H,18,19,20). The van der Waals surface area contributed by atoms with Crippen molar-refractivity contribution in [2.45, 2.75) is 24.4 Å². The number of nitrogens with one attached hydrogen (secondary N) is 1. The summed E-state index contributed by atoms with van der Waals surface area (Å²) in [5, 5.41) is 7.44. The number of rotatable bonds is 5. The number of thioether (sulfide) groups is 1. The van der Waals surface area contributed by atoms with Crippen LogP contribution in [0.1, 0.15) is 19.3 Å². The molecule has 8 nitrogen and oxygen atoms in total. The van der Waals surface area contributed by atoms with E-state index in [1.165, 1.54) is 11.8 Å². The Hall–Kier alpha value is -2.29. The molecule has 2 aromatic rings. The molecule has 26 heavy (non-hydrogen) atoms. The van der Waals surface area contributed by atoms with Crippen LogP contribution in [-0.2, 0) is 9.59 Å². The molecule has 1 saturated heterocycles. The van der Waals surface area contributed by atoms with Crippen LogP contribution in [0.25, 0.3) is 11.6 Å². The van der Waals surface area contributed by atoms with Crippen LogP contribution in [0.15, 0.2) is 28.0 Å². The Morgan fingerprint density at radius 2 is 2.04 bits per heavy atom. The monoisotopic (exact) mass is 375 g/mol. The number of hydrogen-bond donors (Lipinski definition) is 1. The second-order valence-electron chi connectivity index (χ2n) is 6.57. The lowest BCUT2D eigenvalue weighted by molar-refractivity contribution is -0.133. The number of aromatic amines is 1. The highest BCUT2D eigenvalue weighted by molar-refractivity contribution is 7.99. The Bertz CT molecular complexity index is 771. The molecule has 0 aromatic carbocycles. The van der Waals surface area contributed by atoms with Crippen LogP contribution < -0.4 is 0 Å². The molecule has 9 heteroatoms. The first-order chi connectivity index (χ1) is 12.7. The van der Waals surface area contributed by atoms with E-state index in [4.69, 9.17) is 4.42 Å². The molecule has 2 amide bonds. The summed E-state index contributed by atoms with van der Waals surface area (Å²) in [6.45, 7) is 2.68. The number of hydrogen-bond acceptors (Lipinski definition) is 6. The fourth-order valence-corrected chi connectivity index (χ4v) is 3.73. The summed E-state index contributed by atoms with van der Waals surface area (Å²) in [5.74, 6) is 2.01. The van der Waals surface area contributed by atoms with Gasteiger partial charge in [0.1, 0.15) is 0 Å². The van der Waals surface area contributed by atoms with Gasteiger partial charge in [-0.3, -0.25) is 14.7 Å². The number of carbonyl (C=O) groups is 2. The van der Waals surface area contributed by atoms with E-state index in [2.05, 4.69) is 15.2 Å². The van der Waals surface area contributed by atoms with Crippen molar-refractivity contribution in [2.24, 2.45) is 5.92 Å². The van der Waals surface area contributed by atoms with Gasteiger partial charge in [-0.05, 0) is 31.4 Å². The minimum Gasteiger partial charge on any atom is -0.461 e. The zero-order valence-corrected chi connectivity index (χ0v) is 15.2. The van der Waals surface area contributed by atoms with Gasteiger partial charge in [-0.2, -0.15) is 4.98 Å². The SMILES string of the molecule is O=C(CSc1n[nH]c(-c2ccco2)n1)N1CCCN(C(=O)C2CC2)CC1. The van der Waals surface area contributed by atoms with E-state index < -0.39 is 0 Å². The van der Waals surface area contributed by atoms with E-state index in [-0.39, 0.29) is 23.5 Å². The van der Waals surface area contributed by atoms with E-state index in [9.17, 15) is 9.59 Å². The summed E-state index contributed by atoms with van der Waals surface area (Å²) in [5.41, 5.74) is 0. The molecule has 1 saturated carbocycles.